The van der Waals surface area contributed by atoms with Gasteiger partial charge in [-0.15, -0.1) is 0 Å². The van der Waals surface area contributed by atoms with Gasteiger partial charge in [0, 0.05) is 0 Å². The van der Waals surface area contributed by atoms with Crippen LogP contribution in [0.5, 0.6) is 0 Å². The summed E-state index contributed by atoms with van der Waals surface area (Å²) in [6.45, 7) is 6.98. The van der Waals surface area contributed by atoms with Crippen LogP contribution in [0, 0.1) is 0 Å². The van der Waals surface area contributed by atoms with Crippen LogP contribution in [-0.2, 0) is 17.0 Å². The van der Waals surface area contributed by atoms with E-state index in [0.717, 1.165) is 0 Å². The number of nitrogens with one attached hydrogen (secondary N) is 1. The zero-order chi connectivity index (χ0) is 12.5. The van der Waals surface area contributed by atoms with Crippen molar-refractivity contribution in [2.24, 2.45) is 0 Å². The Morgan fingerprint density at radius 3 is 1.44 bits per heavy atom. The summed E-state index contributed by atoms with van der Waals surface area (Å²) in [6.07, 6.45) is 11.0. The molecule has 0 aromatic heterocycles. The Labute approximate surface area is 119 Å². The van der Waals surface area contributed by atoms with Gasteiger partial charge in [0.15, 0.2) is 0 Å². The van der Waals surface area contributed by atoms with E-state index in [4.69, 9.17) is 18.6 Å². The zero-order valence-electron chi connectivity index (χ0n) is 10.8. The van der Waals surface area contributed by atoms with E-state index in [1.54, 1.807) is 0 Å². The van der Waals surface area contributed by atoms with E-state index in [0.29, 0.717) is 0 Å². The van der Waals surface area contributed by atoms with E-state index in [9.17, 15) is 0 Å². The van der Waals surface area contributed by atoms with E-state index in [1.807, 2.05) is 0 Å². The zero-order valence-corrected chi connectivity index (χ0v) is 13.9. The topological polar surface area (TPSA) is 12.0 Å². The molecule has 98 valence electrons. The molecule has 0 aromatic carbocycles. The maximum atomic E-state index is 4.89. The Morgan fingerprint density at radius 1 is 0.750 bits per heavy atom. The number of hydrogen-bond acceptors (Lipinski definition) is 1. The minimum absolute atomic E-state index is 0.556. The molecule has 1 nitrogen and oxygen atoms in total. The molecule has 0 bridgehead atoms. The number of rotatable bonds is 10. The molecule has 0 aromatic rings. The van der Waals surface area contributed by atoms with E-state index < -0.39 is 17.0 Å². The van der Waals surface area contributed by atoms with Crippen LogP contribution in [0.3, 0.4) is 0 Å². The van der Waals surface area contributed by atoms with Gasteiger partial charge in [0.25, 0.3) is 0 Å². The van der Waals surface area contributed by atoms with Crippen molar-refractivity contribution in [3.8, 4) is 0 Å². The summed E-state index contributed by atoms with van der Waals surface area (Å²) in [5, 5.41) is 3.50. The van der Waals surface area contributed by atoms with Gasteiger partial charge < -0.3 is 5.32 Å². The monoisotopic (exact) mass is 303 g/mol. The molecule has 0 atom stereocenters. The molecule has 16 heavy (non-hydrogen) atoms. The second-order valence-corrected chi connectivity index (χ2v) is 6.52. The predicted molar refractivity (Wildman–Crippen MR) is 72.9 cm³/mol. The fourth-order valence-electron chi connectivity index (χ4n) is 1.48. The third-order valence-electron chi connectivity index (χ3n) is 2.41. The van der Waals surface area contributed by atoms with Crippen LogP contribution in [0.4, 0.5) is 0 Å². The summed E-state index contributed by atoms with van der Waals surface area (Å²) in [5.74, 6) is 0. The molecule has 0 spiro atoms. The molecule has 0 saturated heterocycles. The normalized spacial score (nSPS) is 9.50. The van der Waals surface area contributed by atoms with Gasteiger partial charge in [-0.3, -0.25) is 0 Å². The van der Waals surface area contributed by atoms with E-state index in [2.05, 4.69) is 19.2 Å². The van der Waals surface area contributed by atoms with Crippen molar-refractivity contribution in [3.63, 3.8) is 0 Å². The summed E-state index contributed by atoms with van der Waals surface area (Å²) in [6, 6.07) is 0. The molecule has 0 heterocycles. The fraction of sp³-hybridized carbons (Fsp3) is 1.00. The Balaban J connectivity index is 0. The Kier molecular flexibility index (Phi) is 26.4. The SMILES string of the molecule is CCCCCCNCCCCCC.[Cl][Ti][Cl]. The van der Waals surface area contributed by atoms with Crippen LogP contribution in [0.15, 0.2) is 0 Å². The quantitative estimate of drug-likeness (QED) is 0.436. The minimum atomic E-state index is -0.556. The van der Waals surface area contributed by atoms with Crippen LogP contribution in [0.1, 0.15) is 65.2 Å². The molecule has 0 aliphatic heterocycles. The van der Waals surface area contributed by atoms with Crippen molar-refractivity contribution in [2.75, 3.05) is 13.1 Å². The molecular weight excluding hydrogens is 277 g/mol. The molecule has 0 unspecified atom stereocenters. The Hall–Kier alpha value is 1.25. The van der Waals surface area contributed by atoms with Gasteiger partial charge in [0.2, 0.25) is 0 Å². The van der Waals surface area contributed by atoms with Gasteiger partial charge in [0.1, 0.15) is 0 Å². The number of halogens is 2. The van der Waals surface area contributed by atoms with Crippen molar-refractivity contribution in [1.29, 1.82) is 0 Å². The molecule has 0 fully saturated rings. The van der Waals surface area contributed by atoms with Crippen molar-refractivity contribution in [1.82, 2.24) is 5.32 Å². The molecule has 4 heteroatoms. The van der Waals surface area contributed by atoms with Gasteiger partial charge in [-0.05, 0) is 25.9 Å². The van der Waals surface area contributed by atoms with Crippen molar-refractivity contribution < 1.29 is 17.0 Å². The van der Waals surface area contributed by atoms with Crippen LogP contribution in [0.25, 0.3) is 0 Å². The molecule has 0 aliphatic carbocycles. The number of hydrogen-bond donors (Lipinski definition) is 1. The van der Waals surface area contributed by atoms with Crippen molar-refractivity contribution in [2.45, 2.75) is 65.2 Å². The molecular formula is C12H27Cl2NTi. The summed E-state index contributed by atoms with van der Waals surface area (Å²) in [4.78, 5) is 0. The molecule has 0 rings (SSSR count). The van der Waals surface area contributed by atoms with Gasteiger partial charge in [0.05, 0.1) is 0 Å². The van der Waals surface area contributed by atoms with Crippen LogP contribution >= 0.6 is 18.6 Å². The van der Waals surface area contributed by atoms with Gasteiger partial charge in [-0.25, -0.2) is 0 Å². The second-order valence-electron chi connectivity index (χ2n) is 3.94. The van der Waals surface area contributed by atoms with Crippen LogP contribution < -0.4 is 5.32 Å². The van der Waals surface area contributed by atoms with Gasteiger partial charge in [-0.2, -0.15) is 0 Å². The van der Waals surface area contributed by atoms with Crippen molar-refractivity contribution >= 4 is 18.6 Å². The average molecular weight is 304 g/mol. The predicted octanol–water partition coefficient (Wildman–Crippen LogP) is 5.11. The standard InChI is InChI=1S/C12H27N.2ClH.Ti/c1-3-5-7-9-11-13-12-10-8-6-4-2;;;/h13H,3-12H2,1-2H3;2*1H;/q;;;+2/p-2. The van der Waals surface area contributed by atoms with E-state index in [1.165, 1.54) is 64.5 Å². The summed E-state index contributed by atoms with van der Waals surface area (Å²) < 4.78 is 0. The summed E-state index contributed by atoms with van der Waals surface area (Å²) in [7, 11) is 9.78. The van der Waals surface area contributed by atoms with Crippen molar-refractivity contribution in [3.05, 3.63) is 0 Å². The fourth-order valence-corrected chi connectivity index (χ4v) is 1.48. The third-order valence-corrected chi connectivity index (χ3v) is 2.41. The van der Waals surface area contributed by atoms with Crippen LogP contribution in [0.2, 0.25) is 0 Å². The number of unbranched alkanes of at least 4 members (excludes halogenated alkanes) is 6. The third kappa shape index (κ3) is 24.5. The molecule has 0 aliphatic rings. The first-order chi connectivity index (χ1) is 7.83. The second kappa shape index (κ2) is 21.5. The van der Waals surface area contributed by atoms with Crippen LogP contribution in [-0.4, -0.2) is 13.1 Å². The van der Waals surface area contributed by atoms with Gasteiger partial charge >= 0.3 is 35.6 Å². The maximum absolute atomic E-state index is 4.89. The molecule has 0 amide bonds. The Morgan fingerprint density at radius 2 is 1.12 bits per heavy atom. The molecule has 0 saturated carbocycles. The first-order valence-electron chi connectivity index (χ1n) is 6.50. The Bertz CT molecular complexity index is 95.0. The summed E-state index contributed by atoms with van der Waals surface area (Å²) >= 11 is -0.556. The van der Waals surface area contributed by atoms with E-state index in [-0.39, 0.29) is 0 Å². The average Bonchev–Trinajstić information content (AvgIpc) is 2.28. The van der Waals surface area contributed by atoms with Gasteiger partial charge in [-0.1, -0.05) is 52.4 Å². The van der Waals surface area contributed by atoms with E-state index >= 15 is 0 Å². The first-order valence-corrected chi connectivity index (χ1v) is 10.8. The molecule has 0 radical (unpaired) electrons. The summed E-state index contributed by atoms with van der Waals surface area (Å²) in [5.41, 5.74) is 0. The molecule has 1 N–H and O–H groups in total. The first kappa shape index (κ1) is 19.6.